The number of hydrogen-bond donors (Lipinski definition) is 2. The second-order valence-corrected chi connectivity index (χ2v) is 6.90. The zero-order valence-corrected chi connectivity index (χ0v) is 15.2. The molecule has 0 aliphatic rings. The van der Waals surface area contributed by atoms with Crippen molar-refractivity contribution < 1.29 is 27.8 Å². The van der Waals surface area contributed by atoms with Crippen molar-refractivity contribution >= 4 is 17.2 Å². The van der Waals surface area contributed by atoms with Crippen LogP contribution in [0.3, 0.4) is 0 Å². The predicted octanol–water partition coefficient (Wildman–Crippen LogP) is 3.81. The summed E-state index contributed by atoms with van der Waals surface area (Å²) in [6, 6.07) is 6.01. The van der Waals surface area contributed by atoms with Crippen molar-refractivity contribution in [2.75, 3.05) is 13.2 Å². The van der Waals surface area contributed by atoms with Crippen molar-refractivity contribution in [3.8, 4) is 5.75 Å². The minimum Gasteiger partial charge on any atom is -0.491 e. The second-order valence-electron chi connectivity index (χ2n) is 5.77. The SMILES string of the molecule is CCc1sc(C(=O)NC[C@@H](O)COc2ccc(C(F)(F)F)cc2)cc1C. The van der Waals surface area contributed by atoms with Crippen LogP contribution in [-0.4, -0.2) is 30.3 Å². The lowest BCUT2D eigenvalue weighted by Gasteiger charge is -2.13. The Morgan fingerprint density at radius 3 is 2.50 bits per heavy atom. The number of aliphatic hydroxyl groups excluding tert-OH is 1. The van der Waals surface area contributed by atoms with Gasteiger partial charge in [0.25, 0.3) is 5.91 Å². The fraction of sp³-hybridized carbons (Fsp3) is 0.389. The molecule has 1 heterocycles. The van der Waals surface area contributed by atoms with Crippen LogP contribution in [0.5, 0.6) is 5.75 Å². The molecule has 0 fully saturated rings. The molecule has 0 bridgehead atoms. The first-order valence-corrected chi connectivity index (χ1v) is 8.88. The lowest BCUT2D eigenvalue weighted by Crippen LogP contribution is -2.35. The van der Waals surface area contributed by atoms with Crippen LogP contribution >= 0.6 is 11.3 Å². The molecule has 142 valence electrons. The molecule has 4 nitrogen and oxygen atoms in total. The zero-order valence-electron chi connectivity index (χ0n) is 14.4. The molecule has 0 aliphatic carbocycles. The first kappa shape index (κ1) is 20.3. The number of aryl methyl sites for hydroxylation is 2. The van der Waals surface area contributed by atoms with Gasteiger partial charge in [0.15, 0.2) is 0 Å². The molecular weight excluding hydrogens is 367 g/mol. The van der Waals surface area contributed by atoms with Gasteiger partial charge in [0.05, 0.1) is 10.4 Å². The molecule has 0 spiro atoms. The molecule has 0 unspecified atom stereocenters. The number of benzene rings is 1. The minimum atomic E-state index is -4.40. The van der Waals surface area contributed by atoms with Crippen molar-refractivity contribution in [3.05, 3.63) is 51.2 Å². The summed E-state index contributed by atoms with van der Waals surface area (Å²) in [7, 11) is 0. The standard InChI is InChI=1S/C18H20F3NO3S/c1-3-15-11(2)8-16(26-15)17(24)22-9-13(23)10-25-14-6-4-12(5-7-14)18(19,20)21/h4-8,13,23H,3,9-10H2,1-2H3,(H,22,24)/t13-/m1/s1. The van der Waals surface area contributed by atoms with Gasteiger partial charge in [-0.15, -0.1) is 11.3 Å². The highest BCUT2D eigenvalue weighted by atomic mass is 32.1. The molecule has 0 aliphatic heterocycles. The molecule has 8 heteroatoms. The quantitative estimate of drug-likeness (QED) is 0.760. The van der Waals surface area contributed by atoms with Gasteiger partial charge in [-0.2, -0.15) is 13.2 Å². The zero-order chi connectivity index (χ0) is 19.3. The van der Waals surface area contributed by atoms with Gasteiger partial charge in [0, 0.05) is 11.4 Å². The number of hydrogen-bond acceptors (Lipinski definition) is 4. The Bertz CT molecular complexity index is 741. The third-order valence-electron chi connectivity index (χ3n) is 3.69. The van der Waals surface area contributed by atoms with Gasteiger partial charge in [0.1, 0.15) is 18.5 Å². The molecule has 1 aromatic heterocycles. The van der Waals surface area contributed by atoms with Crippen LogP contribution in [0.2, 0.25) is 0 Å². The monoisotopic (exact) mass is 387 g/mol. The maximum Gasteiger partial charge on any atom is 0.416 e. The summed E-state index contributed by atoms with van der Waals surface area (Å²) in [4.78, 5) is 13.8. The molecule has 0 radical (unpaired) electrons. The van der Waals surface area contributed by atoms with Crippen LogP contribution in [0.25, 0.3) is 0 Å². The van der Waals surface area contributed by atoms with E-state index in [4.69, 9.17) is 4.74 Å². The number of aliphatic hydroxyl groups is 1. The van der Waals surface area contributed by atoms with Crippen LogP contribution in [0.15, 0.2) is 30.3 Å². The smallest absolute Gasteiger partial charge is 0.416 e. The number of rotatable bonds is 7. The molecule has 1 atom stereocenters. The van der Waals surface area contributed by atoms with Crippen molar-refractivity contribution in [1.29, 1.82) is 0 Å². The molecule has 2 rings (SSSR count). The van der Waals surface area contributed by atoms with Gasteiger partial charge in [-0.25, -0.2) is 0 Å². The number of alkyl halides is 3. The first-order chi connectivity index (χ1) is 12.2. The van der Waals surface area contributed by atoms with E-state index in [2.05, 4.69) is 5.32 Å². The third-order valence-corrected chi connectivity index (χ3v) is 5.07. The van der Waals surface area contributed by atoms with E-state index < -0.39 is 17.8 Å². The van der Waals surface area contributed by atoms with Gasteiger partial charge < -0.3 is 15.2 Å². The van der Waals surface area contributed by atoms with Crippen LogP contribution in [0.4, 0.5) is 13.2 Å². The van der Waals surface area contributed by atoms with E-state index in [1.54, 1.807) is 0 Å². The summed E-state index contributed by atoms with van der Waals surface area (Å²) in [5.41, 5.74) is 0.296. The van der Waals surface area contributed by atoms with Gasteiger partial charge in [-0.05, 0) is 49.2 Å². The average molecular weight is 387 g/mol. The van der Waals surface area contributed by atoms with E-state index in [9.17, 15) is 23.1 Å². The molecular formula is C18H20F3NO3S. The van der Waals surface area contributed by atoms with E-state index in [0.29, 0.717) is 4.88 Å². The Morgan fingerprint density at radius 2 is 1.96 bits per heavy atom. The van der Waals surface area contributed by atoms with Crippen LogP contribution in [0.1, 0.15) is 32.6 Å². The Kier molecular flexibility index (Phi) is 6.66. The number of ether oxygens (including phenoxy) is 1. The summed E-state index contributed by atoms with van der Waals surface area (Å²) in [6.45, 7) is 3.80. The van der Waals surface area contributed by atoms with Gasteiger partial charge in [-0.3, -0.25) is 4.79 Å². The van der Waals surface area contributed by atoms with Crippen LogP contribution < -0.4 is 10.1 Å². The van der Waals surface area contributed by atoms with Gasteiger partial charge >= 0.3 is 6.18 Å². The van der Waals surface area contributed by atoms with Crippen molar-refractivity contribution in [1.82, 2.24) is 5.32 Å². The Labute approximate surface area is 153 Å². The molecule has 26 heavy (non-hydrogen) atoms. The number of carbonyl (C=O) groups is 1. The highest BCUT2D eigenvalue weighted by Gasteiger charge is 2.30. The molecule has 2 N–H and O–H groups in total. The fourth-order valence-corrected chi connectivity index (χ4v) is 3.30. The number of carbonyl (C=O) groups excluding carboxylic acids is 1. The average Bonchev–Trinajstić information content (AvgIpc) is 2.98. The maximum absolute atomic E-state index is 12.5. The number of thiophene rings is 1. The highest BCUT2D eigenvalue weighted by Crippen LogP contribution is 2.30. The number of amides is 1. The maximum atomic E-state index is 12.5. The van der Waals surface area contributed by atoms with Crippen molar-refractivity contribution in [3.63, 3.8) is 0 Å². The summed E-state index contributed by atoms with van der Waals surface area (Å²) >= 11 is 1.42. The molecule has 0 saturated heterocycles. The topological polar surface area (TPSA) is 58.6 Å². The van der Waals surface area contributed by atoms with Gasteiger partial charge in [-0.1, -0.05) is 6.92 Å². The fourth-order valence-electron chi connectivity index (χ4n) is 2.27. The summed E-state index contributed by atoms with van der Waals surface area (Å²) in [5.74, 6) is -0.0591. The lowest BCUT2D eigenvalue weighted by atomic mass is 10.2. The molecule has 2 aromatic rings. The summed E-state index contributed by atoms with van der Waals surface area (Å²) < 4.78 is 42.7. The molecule has 1 amide bonds. The van der Waals surface area contributed by atoms with E-state index >= 15 is 0 Å². The summed E-state index contributed by atoms with van der Waals surface area (Å²) in [6.07, 6.45) is -4.53. The van der Waals surface area contributed by atoms with Crippen LogP contribution in [-0.2, 0) is 12.6 Å². The largest absolute Gasteiger partial charge is 0.491 e. The Hall–Kier alpha value is -2.06. The van der Waals surface area contributed by atoms with E-state index in [-0.39, 0.29) is 24.8 Å². The van der Waals surface area contributed by atoms with Crippen LogP contribution in [0, 0.1) is 6.92 Å². The third kappa shape index (κ3) is 5.47. The highest BCUT2D eigenvalue weighted by molar-refractivity contribution is 7.14. The van der Waals surface area contributed by atoms with Gasteiger partial charge in [0.2, 0.25) is 0 Å². The van der Waals surface area contributed by atoms with Crippen molar-refractivity contribution in [2.45, 2.75) is 32.5 Å². The summed E-state index contributed by atoms with van der Waals surface area (Å²) in [5, 5.41) is 12.5. The van der Waals surface area contributed by atoms with E-state index in [1.165, 1.54) is 23.5 Å². The van der Waals surface area contributed by atoms with Crippen molar-refractivity contribution in [2.24, 2.45) is 0 Å². The second kappa shape index (κ2) is 8.55. The number of nitrogens with one attached hydrogen (secondary N) is 1. The Balaban J connectivity index is 1.79. The number of halogens is 3. The minimum absolute atomic E-state index is 0.0160. The van der Waals surface area contributed by atoms with E-state index in [0.717, 1.165) is 29.0 Å². The predicted molar refractivity (Wildman–Crippen MR) is 93.7 cm³/mol. The molecule has 0 saturated carbocycles. The Morgan fingerprint density at radius 1 is 1.31 bits per heavy atom. The van der Waals surface area contributed by atoms with E-state index in [1.807, 2.05) is 19.9 Å². The normalized spacial score (nSPS) is 12.7. The first-order valence-electron chi connectivity index (χ1n) is 8.06. The lowest BCUT2D eigenvalue weighted by molar-refractivity contribution is -0.137. The molecule has 1 aromatic carbocycles.